The molecule has 0 aliphatic carbocycles. The molecule has 0 saturated heterocycles. The highest BCUT2D eigenvalue weighted by Gasteiger charge is 2.22. The Bertz CT molecular complexity index is 610. The number of aromatic nitrogens is 2. The second-order valence-electron chi connectivity index (χ2n) is 4.02. The van der Waals surface area contributed by atoms with E-state index in [1.807, 2.05) is 12.1 Å². The van der Waals surface area contributed by atoms with Gasteiger partial charge in [-0.25, -0.2) is 4.98 Å². The van der Waals surface area contributed by atoms with E-state index in [-0.39, 0.29) is 0 Å². The summed E-state index contributed by atoms with van der Waals surface area (Å²) >= 11 is 13.9. The number of fused-ring (bicyclic) bond motifs is 1. The summed E-state index contributed by atoms with van der Waals surface area (Å²) in [6.45, 7) is 1.42. The number of hydrogen-bond acceptors (Lipinski definition) is 3. The Labute approximate surface area is 119 Å². The Kier molecular flexibility index (Phi) is 3.28. The van der Waals surface area contributed by atoms with E-state index in [4.69, 9.17) is 28.9 Å². The van der Waals surface area contributed by atoms with E-state index >= 15 is 0 Å². The summed E-state index contributed by atoms with van der Waals surface area (Å²) in [6, 6.07) is 5.45. The van der Waals surface area contributed by atoms with Gasteiger partial charge >= 0.3 is 0 Å². The highest BCUT2D eigenvalue weighted by Crippen LogP contribution is 2.36. The number of nitrogens with two attached hydrogens (primary N) is 1. The highest BCUT2D eigenvalue weighted by atomic mass is 35.5. The summed E-state index contributed by atoms with van der Waals surface area (Å²) in [7, 11) is 0. The van der Waals surface area contributed by atoms with Crippen LogP contribution in [0.3, 0.4) is 0 Å². The van der Waals surface area contributed by atoms with Gasteiger partial charge in [-0.15, -0.1) is 0 Å². The van der Waals surface area contributed by atoms with Gasteiger partial charge in [0.1, 0.15) is 0 Å². The molecule has 2 aromatic rings. The minimum Gasteiger partial charge on any atom is -0.325 e. The molecule has 0 saturated carbocycles. The van der Waals surface area contributed by atoms with Crippen molar-refractivity contribution in [3.63, 3.8) is 0 Å². The summed E-state index contributed by atoms with van der Waals surface area (Å²) in [4.78, 5) is 4.64. The van der Waals surface area contributed by atoms with E-state index < -0.39 is 0 Å². The lowest BCUT2D eigenvalue weighted by atomic mass is 10.1. The lowest BCUT2D eigenvalue weighted by Gasteiger charge is -2.06. The SMILES string of the molecule is NCc1c(-c2ccc(Cl)cc2Cl)nc2n1CCS2. The molecule has 0 unspecified atom stereocenters. The smallest absolute Gasteiger partial charge is 0.168 e. The van der Waals surface area contributed by atoms with Gasteiger partial charge < -0.3 is 10.3 Å². The molecule has 0 spiro atoms. The predicted molar refractivity (Wildman–Crippen MR) is 76.3 cm³/mol. The van der Waals surface area contributed by atoms with Crippen molar-refractivity contribution < 1.29 is 0 Å². The third-order valence-corrected chi connectivity index (χ3v) is 4.47. The predicted octanol–water partition coefficient (Wildman–Crippen LogP) is 3.42. The van der Waals surface area contributed by atoms with E-state index in [0.29, 0.717) is 16.6 Å². The molecular formula is C12H11Cl2N3S. The molecule has 6 heteroatoms. The third kappa shape index (κ3) is 1.93. The van der Waals surface area contributed by atoms with E-state index in [1.54, 1.807) is 17.8 Å². The minimum atomic E-state index is 0.460. The van der Waals surface area contributed by atoms with Crippen molar-refractivity contribution in [2.45, 2.75) is 18.2 Å². The van der Waals surface area contributed by atoms with Crippen molar-refractivity contribution in [1.82, 2.24) is 9.55 Å². The van der Waals surface area contributed by atoms with Crippen LogP contribution >= 0.6 is 35.0 Å². The summed E-state index contributed by atoms with van der Waals surface area (Å²) in [5.74, 6) is 1.06. The maximum atomic E-state index is 6.23. The molecule has 1 aliphatic heterocycles. The van der Waals surface area contributed by atoms with E-state index in [2.05, 4.69) is 9.55 Å². The second kappa shape index (κ2) is 4.78. The van der Waals surface area contributed by atoms with Gasteiger partial charge in [0.05, 0.1) is 16.4 Å². The maximum absolute atomic E-state index is 6.23. The van der Waals surface area contributed by atoms with Crippen molar-refractivity contribution in [2.24, 2.45) is 5.73 Å². The zero-order chi connectivity index (χ0) is 12.7. The van der Waals surface area contributed by atoms with Gasteiger partial charge in [0, 0.05) is 29.4 Å². The Morgan fingerprint density at radius 3 is 2.94 bits per heavy atom. The lowest BCUT2D eigenvalue weighted by molar-refractivity contribution is 0.678. The fourth-order valence-corrected chi connectivity index (χ4v) is 3.60. The normalized spacial score (nSPS) is 13.9. The number of hydrogen-bond donors (Lipinski definition) is 1. The van der Waals surface area contributed by atoms with Crippen LogP contribution in [0, 0.1) is 0 Å². The first-order chi connectivity index (χ1) is 8.70. The quantitative estimate of drug-likeness (QED) is 0.924. The first-order valence-electron chi connectivity index (χ1n) is 5.58. The molecule has 18 heavy (non-hydrogen) atoms. The molecule has 0 atom stereocenters. The van der Waals surface area contributed by atoms with Gasteiger partial charge in [-0.3, -0.25) is 0 Å². The molecule has 0 amide bonds. The fraction of sp³-hybridized carbons (Fsp3) is 0.250. The van der Waals surface area contributed by atoms with E-state index in [1.165, 1.54) is 0 Å². The molecule has 1 aliphatic rings. The van der Waals surface area contributed by atoms with Crippen LogP contribution in [-0.2, 0) is 13.1 Å². The molecule has 0 bridgehead atoms. The molecule has 3 rings (SSSR count). The van der Waals surface area contributed by atoms with Crippen LogP contribution in [0.15, 0.2) is 23.4 Å². The molecule has 0 fully saturated rings. The van der Waals surface area contributed by atoms with Gasteiger partial charge in [0.2, 0.25) is 0 Å². The molecule has 1 aromatic carbocycles. The summed E-state index contributed by atoms with van der Waals surface area (Å²) in [6.07, 6.45) is 0. The minimum absolute atomic E-state index is 0.460. The van der Waals surface area contributed by atoms with Crippen molar-refractivity contribution in [1.29, 1.82) is 0 Å². The van der Waals surface area contributed by atoms with Crippen LogP contribution < -0.4 is 5.73 Å². The number of imidazole rings is 1. The Hall–Kier alpha value is -0.680. The highest BCUT2D eigenvalue weighted by molar-refractivity contribution is 7.99. The Morgan fingerprint density at radius 1 is 1.39 bits per heavy atom. The first-order valence-corrected chi connectivity index (χ1v) is 7.32. The van der Waals surface area contributed by atoms with Crippen LogP contribution in [0.5, 0.6) is 0 Å². The largest absolute Gasteiger partial charge is 0.325 e. The maximum Gasteiger partial charge on any atom is 0.168 e. The molecule has 0 radical (unpaired) electrons. The van der Waals surface area contributed by atoms with Gasteiger partial charge in [-0.1, -0.05) is 35.0 Å². The van der Waals surface area contributed by atoms with Crippen LogP contribution in [-0.4, -0.2) is 15.3 Å². The van der Waals surface area contributed by atoms with Crippen molar-refractivity contribution in [2.75, 3.05) is 5.75 Å². The average molecular weight is 300 g/mol. The monoisotopic (exact) mass is 299 g/mol. The average Bonchev–Trinajstić information content (AvgIpc) is 2.88. The Balaban J connectivity index is 2.17. The van der Waals surface area contributed by atoms with Gasteiger partial charge in [-0.05, 0) is 18.2 Å². The van der Waals surface area contributed by atoms with Gasteiger partial charge in [0.25, 0.3) is 0 Å². The fourth-order valence-electron chi connectivity index (χ4n) is 2.14. The first kappa shape index (κ1) is 12.4. The summed E-state index contributed by atoms with van der Waals surface area (Å²) in [5.41, 5.74) is 8.66. The van der Waals surface area contributed by atoms with Gasteiger partial charge in [0.15, 0.2) is 5.16 Å². The zero-order valence-corrected chi connectivity index (χ0v) is 11.8. The van der Waals surface area contributed by atoms with Crippen LogP contribution in [0.2, 0.25) is 10.0 Å². The van der Waals surface area contributed by atoms with Crippen LogP contribution in [0.1, 0.15) is 5.69 Å². The Morgan fingerprint density at radius 2 is 2.22 bits per heavy atom. The zero-order valence-electron chi connectivity index (χ0n) is 9.49. The third-order valence-electron chi connectivity index (χ3n) is 2.96. The second-order valence-corrected chi connectivity index (χ2v) is 5.92. The number of halogens is 2. The number of nitrogens with zero attached hydrogens (tertiary/aromatic N) is 2. The number of thioether (sulfide) groups is 1. The van der Waals surface area contributed by atoms with Crippen molar-refractivity contribution in [3.05, 3.63) is 33.9 Å². The van der Waals surface area contributed by atoms with E-state index in [0.717, 1.165) is 34.4 Å². The molecule has 2 N–H and O–H groups in total. The molecule has 1 aromatic heterocycles. The number of rotatable bonds is 2. The standard InChI is InChI=1S/C12H11Cl2N3S/c13-7-1-2-8(9(14)5-7)11-10(6-15)17-3-4-18-12(17)16-11/h1-2,5H,3-4,6,15H2. The van der Waals surface area contributed by atoms with Crippen molar-refractivity contribution in [3.8, 4) is 11.3 Å². The van der Waals surface area contributed by atoms with Crippen LogP contribution in [0.25, 0.3) is 11.3 Å². The summed E-state index contributed by atoms with van der Waals surface area (Å²) < 4.78 is 2.17. The van der Waals surface area contributed by atoms with Gasteiger partial charge in [-0.2, -0.15) is 0 Å². The van der Waals surface area contributed by atoms with Crippen molar-refractivity contribution >= 4 is 35.0 Å². The molecule has 3 nitrogen and oxygen atoms in total. The molecule has 2 heterocycles. The molecule has 94 valence electrons. The van der Waals surface area contributed by atoms with E-state index in [9.17, 15) is 0 Å². The summed E-state index contributed by atoms with van der Waals surface area (Å²) in [5, 5.41) is 2.26. The topological polar surface area (TPSA) is 43.8 Å². The number of benzene rings is 1. The van der Waals surface area contributed by atoms with Crippen LogP contribution in [0.4, 0.5) is 0 Å². The lowest BCUT2D eigenvalue weighted by Crippen LogP contribution is -2.07. The molecular weight excluding hydrogens is 289 g/mol.